The Balaban J connectivity index is 0.00000300. The highest BCUT2D eigenvalue weighted by atomic mass is 127. The zero-order valence-electron chi connectivity index (χ0n) is 17.0. The third-order valence-electron chi connectivity index (χ3n) is 4.86. The van der Waals surface area contributed by atoms with Gasteiger partial charge in [-0.1, -0.05) is 12.1 Å². The third kappa shape index (κ3) is 7.51. The van der Waals surface area contributed by atoms with E-state index in [0.29, 0.717) is 12.6 Å². The van der Waals surface area contributed by atoms with Crippen LogP contribution >= 0.6 is 35.3 Å². The van der Waals surface area contributed by atoms with Crippen LogP contribution in [0, 0.1) is 12.7 Å². The Morgan fingerprint density at radius 3 is 2.69 bits per heavy atom. The summed E-state index contributed by atoms with van der Waals surface area (Å²) in [5, 5.41) is 6.79. The van der Waals surface area contributed by atoms with Crippen molar-refractivity contribution in [1.29, 1.82) is 0 Å². The fourth-order valence-electron chi connectivity index (χ4n) is 3.36. The van der Waals surface area contributed by atoms with E-state index < -0.39 is 0 Å². The first-order valence-corrected chi connectivity index (χ1v) is 10.5. The van der Waals surface area contributed by atoms with Crippen LogP contribution in [0.3, 0.4) is 0 Å². The third-order valence-corrected chi connectivity index (χ3v) is 5.96. The molecule has 2 N–H and O–H groups in total. The van der Waals surface area contributed by atoms with E-state index in [0.717, 1.165) is 50.8 Å². The van der Waals surface area contributed by atoms with Gasteiger partial charge >= 0.3 is 0 Å². The van der Waals surface area contributed by atoms with Crippen molar-refractivity contribution in [2.45, 2.75) is 19.4 Å². The van der Waals surface area contributed by atoms with E-state index >= 15 is 0 Å². The van der Waals surface area contributed by atoms with E-state index in [4.69, 9.17) is 4.74 Å². The summed E-state index contributed by atoms with van der Waals surface area (Å²) < 4.78 is 18.8. The van der Waals surface area contributed by atoms with Crippen LogP contribution in [0.1, 0.15) is 21.4 Å². The first-order valence-electron chi connectivity index (χ1n) is 9.73. The molecule has 0 amide bonds. The standard InChI is InChI=1S/C21H29FN4OS.HI/c1-16-6-7-20(28-16)19(26-10-12-27-13-11-26)15-25-21(23-2)24-9-8-17-4-3-5-18(22)14-17;/h3-7,14,19H,8-13,15H2,1-2H3,(H2,23,24,25);1H. The summed E-state index contributed by atoms with van der Waals surface area (Å²) >= 11 is 1.85. The Labute approximate surface area is 193 Å². The molecule has 8 heteroatoms. The zero-order valence-corrected chi connectivity index (χ0v) is 20.1. The topological polar surface area (TPSA) is 48.9 Å². The molecule has 1 fully saturated rings. The molecule has 1 aromatic heterocycles. The van der Waals surface area contributed by atoms with Crippen LogP contribution in [0.4, 0.5) is 4.39 Å². The molecule has 2 aromatic rings. The van der Waals surface area contributed by atoms with Gasteiger partial charge in [-0.3, -0.25) is 9.89 Å². The van der Waals surface area contributed by atoms with Crippen LogP contribution in [0.15, 0.2) is 41.4 Å². The molecule has 0 radical (unpaired) electrons. The van der Waals surface area contributed by atoms with Gasteiger partial charge in [-0.25, -0.2) is 4.39 Å². The number of benzene rings is 1. The molecule has 0 aliphatic carbocycles. The van der Waals surface area contributed by atoms with Crippen molar-refractivity contribution in [3.05, 3.63) is 57.5 Å². The predicted molar refractivity (Wildman–Crippen MR) is 129 cm³/mol. The monoisotopic (exact) mass is 532 g/mol. The number of aliphatic imine (C=N–C) groups is 1. The van der Waals surface area contributed by atoms with Crippen molar-refractivity contribution >= 4 is 41.3 Å². The van der Waals surface area contributed by atoms with E-state index in [1.807, 2.05) is 17.4 Å². The SMILES string of the molecule is CN=C(NCCc1cccc(F)c1)NCC(c1ccc(C)s1)N1CCOCC1.I. The Morgan fingerprint density at radius 1 is 1.24 bits per heavy atom. The maximum absolute atomic E-state index is 13.3. The first-order chi connectivity index (χ1) is 13.7. The van der Waals surface area contributed by atoms with Gasteiger partial charge in [0.1, 0.15) is 5.82 Å². The van der Waals surface area contributed by atoms with E-state index in [1.54, 1.807) is 19.2 Å². The molecule has 29 heavy (non-hydrogen) atoms. The fourth-order valence-corrected chi connectivity index (χ4v) is 4.38. The molecule has 3 rings (SSSR count). The molecule has 0 saturated carbocycles. The maximum Gasteiger partial charge on any atom is 0.191 e. The highest BCUT2D eigenvalue weighted by Gasteiger charge is 2.24. The number of thiophene rings is 1. The lowest BCUT2D eigenvalue weighted by Gasteiger charge is -2.34. The quantitative estimate of drug-likeness (QED) is 0.325. The number of guanidine groups is 1. The minimum atomic E-state index is -0.195. The number of hydrogen-bond acceptors (Lipinski definition) is 4. The van der Waals surface area contributed by atoms with E-state index in [2.05, 4.69) is 39.6 Å². The van der Waals surface area contributed by atoms with Gasteiger partial charge in [-0.2, -0.15) is 0 Å². The van der Waals surface area contributed by atoms with Crippen molar-refractivity contribution < 1.29 is 9.13 Å². The Hall–Kier alpha value is -1.23. The van der Waals surface area contributed by atoms with Crippen LogP contribution in [0.25, 0.3) is 0 Å². The van der Waals surface area contributed by atoms with E-state index in [9.17, 15) is 4.39 Å². The van der Waals surface area contributed by atoms with Crippen LogP contribution in [0.5, 0.6) is 0 Å². The number of hydrogen-bond donors (Lipinski definition) is 2. The summed E-state index contributed by atoms with van der Waals surface area (Å²) in [4.78, 5) is 9.50. The summed E-state index contributed by atoms with van der Waals surface area (Å²) in [5.74, 6) is 0.572. The Kier molecular flexibility index (Phi) is 10.3. The van der Waals surface area contributed by atoms with Gasteiger partial charge in [0, 0.05) is 43.0 Å². The molecule has 0 spiro atoms. The van der Waals surface area contributed by atoms with E-state index in [1.165, 1.54) is 15.8 Å². The first kappa shape index (κ1) is 24.0. The second kappa shape index (κ2) is 12.5. The summed E-state index contributed by atoms with van der Waals surface area (Å²) in [6, 6.07) is 11.4. The van der Waals surface area contributed by atoms with Crippen molar-refractivity contribution in [3.63, 3.8) is 0 Å². The minimum Gasteiger partial charge on any atom is -0.379 e. The molecular formula is C21H30FIN4OS. The lowest BCUT2D eigenvalue weighted by atomic mass is 10.1. The van der Waals surface area contributed by atoms with Gasteiger partial charge in [0.15, 0.2) is 5.96 Å². The number of halogens is 2. The van der Waals surface area contributed by atoms with Crippen LogP contribution in [-0.2, 0) is 11.2 Å². The molecule has 2 heterocycles. The van der Waals surface area contributed by atoms with E-state index in [-0.39, 0.29) is 29.8 Å². The van der Waals surface area contributed by atoms with Gasteiger partial charge in [-0.15, -0.1) is 35.3 Å². The molecule has 5 nitrogen and oxygen atoms in total. The summed E-state index contributed by atoms with van der Waals surface area (Å²) in [5.41, 5.74) is 0.975. The number of rotatable bonds is 7. The smallest absolute Gasteiger partial charge is 0.191 e. The number of morpholine rings is 1. The molecule has 1 unspecified atom stereocenters. The Morgan fingerprint density at radius 2 is 2.03 bits per heavy atom. The molecule has 0 bridgehead atoms. The van der Waals surface area contributed by atoms with Gasteiger partial charge in [0.25, 0.3) is 0 Å². The van der Waals surface area contributed by atoms with Crippen LogP contribution in [0.2, 0.25) is 0 Å². The molecule has 1 saturated heterocycles. The lowest BCUT2D eigenvalue weighted by molar-refractivity contribution is 0.0177. The maximum atomic E-state index is 13.3. The molecule has 1 atom stereocenters. The fraction of sp³-hybridized carbons (Fsp3) is 0.476. The van der Waals surface area contributed by atoms with Crippen LogP contribution in [-0.4, -0.2) is 57.3 Å². The predicted octanol–water partition coefficient (Wildman–Crippen LogP) is 3.59. The van der Waals surface area contributed by atoms with Gasteiger partial charge in [0.2, 0.25) is 0 Å². The van der Waals surface area contributed by atoms with Gasteiger partial charge in [-0.05, 0) is 43.2 Å². The van der Waals surface area contributed by atoms with Gasteiger partial charge in [0.05, 0.1) is 19.3 Å². The summed E-state index contributed by atoms with van der Waals surface area (Å²) in [7, 11) is 1.77. The van der Waals surface area contributed by atoms with Crippen molar-refractivity contribution in [2.75, 3.05) is 46.4 Å². The second-order valence-corrected chi connectivity index (χ2v) is 8.19. The molecule has 1 aromatic carbocycles. The number of ether oxygens (including phenoxy) is 1. The average Bonchev–Trinajstić information content (AvgIpc) is 3.13. The minimum absolute atomic E-state index is 0. The highest BCUT2D eigenvalue weighted by molar-refractivity contribution is 14.0. The second-order valence-electron chi connectivity index (χ2n) is 6.87. The van der Waals surface area contributed by atoms with Crippen molar-refractivity contribution in [1.82, 2.24) is 15.5 Å². The number of nitrogens with one attached hydrogen (secondary N) is 2. The summed E-state index contributed by atoms with van der Waals surface area (Å²) in [6.07, 6.45) is 0.746. The molecule has 1 aliphatic heterocycles. The molecule has 160 valence electrons. The number of nitrogens with zero attached hydrogens (tertiary/aromatic N) is 2. The largest absolute Gasteiger partial charge is 0.379 e. The Bertz CT molecular complexity index is 780. The normalized spacial score (nSPS) is 16.2. The van der Waals surface area contributed by atoms with Crippen molar-refractivity contribution in [2.24, 2.45) is 4.99 Å². The van der Waals surface area contributed by atoms with Crippen LogP contribution < -0.4 is 10.6 Å². The molecular weight excluding hydrogens is 502 g/mol. The average molecular weight is 532 g/mol. The highest BCUT2D eigenvalue weighted by Crippen LogP contribution is 2.27. The lowest BCUT2D eigenvalue weighted by Crippen LogP contribution is -2.46. The number of aryl methyl sites for hydroxylation is 1. The summed E-state index contributed by atoms with van der Waals surface area (Å²) in [6.45, 7) is 7.06. The van der Waals surface area contributed by atoms with Crippen molar-refractivity contribution in [3.8, 4) is 0 Å². The molecule has 1 aliphatic rings. The zero-order chi connectivity index (χ0) is 19.8. The van der Waals surface area contributed by atoms with Gasteiger partial charge < -0.3 is 15.4 Å².